The molecule has 0 spiro atoms. The third-order valence-corrected chi connectivity index (χ3v) is 4.74. The summed E-state index contributed by atoms with van der Waals surface area (Å²) >= 11 is 0. The van der Waals surface area contributed by atoms with Crippen LogP contribution in [0.15, 0.2) is 24.3 Å². The van der Waals surface area contributed by atoms with Crippen molar-refractivity contribution in [2.45, 2.75) is 50.2 Å². The minimum absolute atomic E-state index is 0.0376. The second-order valence-corrected chi connectivity index (χ2v) is 7.65. The first-order valence-electron chi connectivity index (χ1n) is 10.5. The highest BCUT2D eigenvalue weighted by Crippen LogP contribution is 2.11. The third kappa shape index (κ3) is 11.5. The number of nitrogens with one attached hydrogen (secondary N) is 3. The molecule has 14 heteroatoms. The van der Waals surface area contributed by atoms with Gasteiger partial charge in [0.05, 0.1) is 12.6 Å². The third-order valence-electron chi connectivity index (χ3n) is 4.74. The number of hydrogen-bond acceptors (Lipinski definition) is 8. The number of benzene rings is 1. The van der Waals surface area contributed by atoms with Crippen molar-refractivity contribution in [1.29, 1.82) is 0 Å². The lowest BCUT2D eigenvalue weighted by molar-refractivity contribution is -0.143. The number of aromatic hydroxyl groups is 1. The first-order chi connectivity index (χ1) is 16.4. The summed E-state index contributed by atoms with van der Waals surface area (Å²) in [5.74, 6) is -5.84. The van der Waals surface area contributed by atoms with E-state index in [1.165, 1.54) is 12.1 Å². The minimum Gasteiger partial charge on any atom is -0.508 e. The Kier molecular flexibility index (Phi) is 11.7. The Bertz CT molecular complexity index is 936. The average molecular weight is 495 g/mol. The molecule has 1 rings (SSSR count). The first-order valence-corrected chi connectivity index (χ1v) is 10.5. The Balaban J connectivity index is 2.71. The van der Waals surface area contributed by atoms with Crippen molar-refractivity contribution in [3.8, 4) is 5.75 Å². The van der Waals surface area contributed by atoms with Crippen molar-refractivity contribution >= 4 is 35.6 Å². The van der Waals surface area contributed by atoms with E-state index in [9.17, 15) is 33.9 Å². The lowest BCUT2D eigenvalue weighted by atomic mass is 10.0. The van der Waals surface area contributed by atoms with Crippen molar-refractivity contribution < 1.29 is 44.1 Å². The van der Waals surface area contributed by atoms with Crippen LogP contribution in [0.5, 0.6) is 5.75 Å². The second kappa shape index (κ2) is 14.1. The van der Waals surface area contributed by atoms with Crippen LogP contribution in [-0.2, 0) is 35.2 Å². The van der Waals surface area contributed by atoms with Crippen molar-refractivity contribution in [3.05, 3.63) is 29.8 Å². The molecule has 3 atom stereocenters. The van der Waals surface area contributed by atoms with Gasteiger partial charge in [0.1, 0.15) is 17.8 Å². The van der Waals surface area contributed by atoms with E-state index in [2.05, 4.69) is 16.0 Å². The number of nitrogens with two attached hydrogens (primary N) is 2. The highest BCUT2D eigenvalue weighted by molar-refractivity contribution is 5.93. The van der Waals surface area contributed by atoms with Crippen LogP contribution in [0.25, 0.3) is 0 Å². The van der Waals surface area contributed by atoms with Gasteiger partial charge in [-0.25, -0.2) is 4.79 Å². The Morgan fingerprint density at radius 2 is 1.46 bits per heavy atom. The maximum atomic E-state index is 12.5. The second-order valence-electron chi connectivity index (χ2n) is 7.65. The number of phenolic OH excluding ortho intramolecular Hbond substituents is 1. The molecule has 0 aliphatic rings. The van der Waals surface area contributed by atoms with E-state index in [0.29, 0.717) is 5.56 Å². The lowest BCUT2D eigenvalue weighted by Gasteiger charge is -2.21. The van der Waals surface area contributed by atoms with Crippen molar-refractivity contribution in [2.75, 3.05) is 6.54 Å². The van der Waals surface area contributed by atoms with Crippen LogP contribution >= 0.6 is 0 Å². The molecule has 0 aliphatic carbocycles. The molecule has 192 valence electrons. The zero-order chi connectivity index (χ0) is 26.5. The molecule has 0 heterocycles. The Hall–Kier alpha value is -4.20. The lowest BCUT2D eigenvalue weighted by Crippen LogP contribution is -2.54. The van der Waals surface area contributed by atoms with Gasteiger partial charge in [-0.3, -0.25) is 24.0 Å². The van der Waals surface area contributed by atoms with Gasteiger partial charge in [-0.2, -0.15) is 0 Å². The number of carboxylic acid groups (broad SMARTS) is 2. The van der Waals surface area contributed by atoms with Crippen LogP contribution in [0, 0.1) is 0 Å². The fourth-order valence-electron chi connectivity index (χ4n) is 2.87. The molecular weight excluding hydrogens is 466 g/mol. The van der Waals surface area contributed by atoms with Gasteiger partial charge in [0.25, 0.3) is 0 Å². The minimum atomic E-state index is -1.47. The summed E-state index contributed by atoms with van der Waals surface area (Å²) in [5, 5.41) is 33.8. The van der Waals surface area contributed by atoms with Gasteiger partial charge < -0.3 is 42.7 Å². The number of carboxylic acids is 2. The summed E-state index contributed by atoms with van der Waals surface area (Å²) in [4.78, 5) is 70.0. The van der Waals surface area contributed by atoms with Gasteiger partial charge in [0, 0.05) is 12.8 Å². The normalized spacial score (nSPS) is 13.1. The van der Waals surface area contributed by atoms with E-state index >= 15 is 0 Å². The molecule has 10 N–H and O–H groups in total. The predicted molar refractivity (Wildman–Crippen MR) is 120 cm³/mol. The molecule has 35 heavy (non-hydrogen) atoms. The number of phenols is 1. The van der Waals surface area contributed by atoms with Crippen LogP contribution in [0.3, 0.4) is 0 Å². The summed E-state index contributed by atoms with van der Waals surface area (Å²) in [6.45, 7) is -0.668. The molecule has 0 saturated heterocycles. The average Bonchev–Trinajstić information content (AvgIpc) is 2.78. The monoisotopic (exact) mass is 495 g/mol. The molecule has 0 radical (unpaired) electrons. The molecule has 0 aromatic heterocycles. The molecule has 0 saturated carbocycles. The maximum absolute atomic E-state index is 12.5. The molecule has 0 bridgehead atoms. The molecular formula is C21H29N5O9. The van der Waals surface area contributed by atoms with Gasteiger partial charge in [-0.1, -0.05) is 12.1 Å². The van der Waals surface area contributed by atoms with Gasteiger partial charge in [0.2, 0.25) is 23.6 Å². The van der Waals surface area contributed by atoms with Gasteiger partial charge in [-0.15, -0.1) is 0 Å². The van der Waals surface area contributed by atoms with E-state index in [-0.39, 0.29) is 31.4 Å². The van der Waals surface area contributed by atoms with Crippen LogP contribution < -0.4 is 27.4 Å². The highest BCUT2D eigenvalue weighted by Gasteiger charge is 2.26. The van der Waals surface area contributed by atoms with Crippen LogP contribution in [0.4, 0.5) is 0 Å². The molecule has 0 fully saturated rings. The number of hydrogen-bond donors (Lipinski definition) is 8. The van der Waals surface area contributed by atoms with E-state index in [1.807, 2.05) is 0 Å². The van der Waals surface area contributed by atoms with Crippen molar-refractivity contribution in [3.63, 3.8) is 0 Å². The standard InChI is InChI=1S/C21H29N5O9/c22-13(9-11-1-3-12(27)4-2-11)19(32)26-14(5-7-16(23)28)20(33)24-10-17(29)25-15(21(34)35)6-8-18(30)31/h1-4,13-15,27H,5-10,22H2,(H2,23,28)(H,24,33)(H,25,29)(H,26,32)(H,30,31)(H,34,35). The molecule has 4 amide bonds. The van der Waals surface area contributed by atoms with Gasteiger partial charge in [0.15, 0.2) is 0 Å². The Morgan fingerprint density at radius 3 is 2.00 bits per heavy atom. The Labute approximate surface area is 200 Å². The predicted octanol–water partition coefficient (Wildman–Crippen LogP) is -2.44. The van der Waals surface area contributed by atoms with Crippen molar-refractivity contribution in [2.24, 2.45) is 11.5 Å². The van der Waals surface area contributed by atoms with Gasteiger partial charge >= 0.3 is 11.9 Å². The molecule has 0 aliphatic heterocycles. The van der Waals surface area contributed by atoms with Crippen LogP contribution in [-0.4, -0.2) is 75.6 Å². The summed E-state index contributed by atoms with van der Waals surface area (Å²) in [6, 6.07) is 2.17. The Morgan fingerprint density at radius 1 is 0.857 bits per heavy atom. The quantitative estimate of drug-likeness (QED) is 0.128. The number of aliphatic carboxylic acids is 2. The van der Waals surface area contributed by atoms with Crippen LogP contribution in [0.2, 0.25) is 0 Å². The van der Waals surface area contributed by atoms with E-state index in [0.717, 1.165) is 0 Å². The topological polar surface area (TPSA) is 251 Å². The van der Waals surface area contributed by atoms with Crippen molar-refractivity contribution in [1.82, 2.24) is 16.0 Å². The molecule has 1 aromatic rings. The zero-order valence-corrected chi connectivity index (χ0v) is 18.7. The largest absolute Gasteiger partial charge is 0.508 e. The summed E-state index contributed by atoms with van der Waals surface area (Å²) in [6.07, 6.45) is -1.20. The summed E-state index contributed by atoms with van der Waals surface area (Å²) in [7, 11) is 0. The number of carbonyl (C=O) groups excluding carboxylic acids is 4. The van der Waals surface area contributed by atoms with E-state index in [4.69, 9.17) is 21.7 Å². The first kappa shape index (κ1) is 28.8. The molecule has 3 unspecified atom stereocenters. The molecule has 14 nitrogen and oxygen atoms in total. The summed E-state index contributed by atoms with van der Waals surface area (Å²) < 4.78 is 0. The number of primary amides is 1. The number of carbonyl (C=O) groups is 6. The summed E-state index contributed by atoms with van der Waals surface area (Å²) in [5.41, 5.74) is 11.6. The van der Waals surface area contributed by atoms with E-state index < -0.39 is 66.7 Å². The van der Waals surface area contributed by atoms with Crippen LogP contribution in [0.1, 0.15) is 31.2 Å². The fourth-order valence-corrected chi connectivity index (χ4v) is 2.87. The fraction of sp³-hybridized carbons (Fsp3) is 0.429. The maximum Gasteiger partial charge on any atom is 0.326 e. The zero-order valence-electron chi connectivity index (χ0n) is 18.7. The highest BCUT2D eigenvalue weighted by atomic mass is 16.4. The molecule has 1 aromatic carbocycles. The number of rotatable bonds is 15. The van der Waals surface area contributed by atoms with E-state index in [1.54, 1.807) is 12.1 Å². The number of amides is 4. The van der Waals surface area contributed by atoms with Gasteiger partial charge in [-0.05, 0) is 37.0 Å². The smallest absolute Gasteiger partial charge is 0.326 e. The SMILES string of the molecule is NC(=O)CCC(NC(=O)C(N)Cc1ccc(O)cc1)C(=O)NCC(=O)NC(CCC(=O)O)C(=O)O.